The van der Waals surface area contributed by atoms with Crippen LogP contribution in [0.4, 0.5) is 4.79 Å². The number of hydrogen-bond acceptors (Lipinski definition) is 4. The maximum atomic E-state index is 11.9. The van der Waals surface area contributed by atoms with Gasteiger partial charge in [0.05, 0.1) is 13.7 Å². The molecule has 0 atom stereocenters. The van der Waals surface area contributed by atoms with Gasteiger partial charge in [0.15, 0.2) is 11.5 Å². The molecule has 1 fully saturated rings. The first kappa shape index (κ1) is 16.4. The van der Waals surface area contributed by atoms with Crippen LogP contribution in [0.5, 0.6) is 11.5 Å². The van der Waals surface area contributed by atoms with Crippen LogP contribution in [0.3, 0.4) is 0 Å². The van der Waals surface area contributed by atoms with Crippen LogP contribution in [0.25, 0.3) is 0 Å². The standard InChI is InChI=1S/C16H24N2O4/c1-21-11-16(6-3-7-16)10-18-15(20)17-9-12-4-5-13(19)14(8-12)22-2/h4-5,8,19H,3,6-7,9-11H2,1-2H3,(H2,17,18,20). The van der Waals surface area contributed by atoms with Crippen molar-refractivity contribution in [1.82, 2.24) is 10.6 Å². The molecular weight excluding hydrogens is 284 g/mol. The molecule has 0 unspecified atom stereocenters. The summed E-state index contributed by atoms with van der Waals surface area (Å²) < 4.78 is 10.3. The van der Waals surface area contributed by atoms with Gasteiger partial charge in [-0.05, 0) is 30.5 Å². The summed E-state index contributed by atoms with van der Waals surface area (Å²) in [4.78, 5) is 11.9. The Morgan fingerprint density at radius 2 is 2.09 bits per heavy atom. The van der Waals surface area contributed by atoms with Crippen LogP contribution in [0.1, 0.15) is 24.8 Å². The van der Waals surface area contributed by atoms with Crippen molar-refractivity contribution >= 4 is 6.03 Å². The van der Waals surface area contributed by atoms with Gasteiger partial charge < -0.3 is 25.2 Å². The van der Waals surface area contributed by atoms with E-state index in [0.29, 0.717) is 25.4 Å². The molecule has 2 rings (SSSR count). The monoisotopic (exact) mass is 308 g/mol. The number of phenols is 1. The summed E-state index contributed by atoms with van der Waals surface area (Å²) in [5.74, 6) is 0.482. The van der Waals surface area contributed by atoms with Gasteiger partial charge in [-0.2, -0.15) is 0 Å². The first-order valence-electron chi connectivity index (χ1n) is 7.45. The predicted octanol–water partition coefficient (Wildman–Crippen LogP) is 2.02. The topological polar surface area (TPSA) is 79.8 Å². The second-order valence-corrected chi connectivity index (χ2v) is 5.83. The molecule has 0 bridgehead atoms. The molecule has 0 radical (unpaired) electrons. The van der Waals surface area contributed by atoms with E-state index in [-0.39, 0.29) is 17.2 Å². The van der Waals surface area contributed by atoms with Crippen LogP contribution in [-0.2, 0) is 11.3 Å². The molecule has 6 heteroatoms. The minimum atomic E-state index is -0.200. The largest absolute Gasteiger partial charge is 0.504 e. The highest BCUT2D eigenvalue weighted by Crippen LogP contribution is 2.40. The second kappa shape index (κ2) is 7.35. The van der Waals surface area contributed by atoms with Crippen molar-refractivity contribution in [3.8, 4) is 11.5 Å². The SMILES string of the molecule is COCC1(CNC(=O)NCc2ccc(O)c(OC)c2)CCC1. The number of ether oxygens (including phenoxy) is 2. The fraction of sp³-hybridized carbons (Fsp3) is 0.562. The Bertz CT molecular complexity index is 515. The molecule has 1 aromatic rings. The Morgan fingerprint density at radius 3 is 2.68 bits per heavy atom. The Morgan fingerprint density at radius 1 is 1.32 bits per heavy atom. The van der Waals surface area contributed by atoms with Crippen LogP contribution in [0, 0.1) is 5.41 Å². The lowest BCUT2D eigenvalue weighted by atomic mass is 9.69. The molecule has 1 aliphatic rings. The summed E-state index contributed by atoms with van der Waals surface area (Å²) in [6, 6.07) is 4.80. The van der Waals surface area contributed by atoms with Gasteiger partial charge in [-0.25, -0.2) is 4.79 Å². The fourth-order valence-corrected chi connectivity index (χ4v) is 2.70. The van der Waals surface area contributed by atoms with Gasteiger partial charge in [-0.1, -0.05) is 12.5 Å². The summed E-state index contributed by atoms with van der Waals surface area (Å²) in [6.45, 7) is 1.69. The van der Waals surface area contributed by atoms with E-state index in [0.717, 1.165) is 18.4 Å². The average molecular weight is 308 g/mol. The van der Waals surface area contributed by atoms with Crippen LogP contribution in [0.15, 0.2) is 18.2 Å². The molecule has 122 valence electrons. The van der Waals surface area contributed by atoms with E-state index in [1.54, 1.807) is 25.3 Å². The molecule has 1 aromatic carbocycles. The van der Waals surface area contributed by atoms with E-state index in [1.807, 2.05) is 0 Å². The highest BCUT2D eigenvalue weighted by molar-refractivity contribution is 5.73. The van der Waals surface area contributed by atoms with E-state index in [1.165, 1.54) is 13.5 Å². The van der Waals surface area contributed by atoms with Gasteiger partial charge >= 0.3 is 6.03 Å². The summed E-state index contributed by atoms with van der Waals surface area (Å²) in [5, 5.41) is 15.2. The van der Waals surface area contributed by atoms with Crippen LogP contribution in [0.2, 0.25) is 0 Å². The minimum absolute atomic E-state index is 0.0854. The van der Waals surface area contributed by atoms with Crippen molar-refractivity contribution in [2.24, 2.45) is 5.41 Å². The molecule has 1 saturated carbocycles. The summed E-state index contributed by atoms with van der Waals surface area (Å²) in [6.07, 6.45) is 3.38. The Balaban J connectivity index is 1.78. The van der Waals surface area contributed by atoms with Gasteiger partial charge in [0.25, 0.3) is 0 Å². The Labute approximate surface area is 130 Å². The lowest BCUT2D eigenvalue weighted by molar-refractivity contribution is 0.0200. The first-order valence-corrected chi connectivity index (χ1v) is 7.45. The number of phenolic OH excluding ortho intramolecular Hbond substituents is 1. The molecule has 2 amide bonds. The minimum Gasteiger partial charge on any atom is -0.504 e. The summed E-state index contributed by atoms with van der Waals surface area (Å²) >= 11 is 0. The van der Waals surface area contributed by atoms with E-state index in [4.69, 9.17) is 9.47 Å². The average Bonchev–Trinajstić information content (AvgIpc) is 2.49. The Hall–Kier alpha value is -1.95. The highest BCUT2D eigenvalue weighted by atomic mass is 16.5. The van der Waals surface area contributed by atoms with Gasteiger partial charge in [-0.3, -0.25) is 0 Å². The van der Waals surface area contributed by atoms with Crippen molar-refractivity contribution in [2.75, 3.05) is 27.4 Å². The van der Waals surface area contributed by atoms with Crippen LogP contribution < -0.4 is 15.4 Å². The maximum Gasteiger partial charge on any atom is 0.315 e. The number of aromatic hydroxyl groups is 1. The number of rotatable bonds is 7. The van der Waals surface area contributed by atoms with Gasteiger partial charge in [0.1, 0.15) is 0 Å². The van der Waals surface area contributed by atoms with Gasteiger partial charge in [-0.15, -0.1) is 0 Å². The zero-order chi connectivity index (χ0) is 16.0. The van der Waals surface area contributed by atoms with Crippen molar-refractivity contribution < 1.29 is 19.4 Å². The molecule has 0 saturated heterocycles. The number of urea groups is 1. The van der Waals surface area contributed by atoms with Crippen molar-refractivity contribution in [1.29, 1.82) is 0 Å². The lowest BCUT2D eigenvalue weighted by Gasteiger charge is -2.41. The van der Waals surface area contributed by atoms with E-state index < -0.39 is 0 Å². The number of nitrogens with one attached hydrogen (secondary N) is 2. The number of carbonyl (C=O) groups is 1. The third kappa shape index (κ3) is 4.04. The fourth-order valence-electron chi connectivity index (χ4n) is 2.70. The van der Waals surface area contributed by atoms with Crippen molar-refractivity contribution in [2.45, 2.75) is 25.8 Å². The quantitative estimate of drug-likeness (QED) is 0.720. The first-order chi connectivity index (χ1) is 10.6. The number of amides is 2. The van der Waals surface area contributed by atoms with E-state index in [2.05, 4.69) is 10.6 Å². The molecule has 6 nitrogen and oxygen atoms in total. The predicted molar refractivity (Wildman–Crippen MR) is 83.1 cm³/mol. The maximum absolute atomic E-state index is 11.9. The molecule has 0 heterocycles. The molecule has 22 heavy (non-hydrogen) atoms. The number of carbonyl (C=O) groups excluding carboxylic acids is 1. The van der Waals surface area contributed by atoms with E-state index >= 15 is 0 Å². The normalized spacial score (nSPS) is 15.7. The van der Waals surface area contributed by atoms with Crippen molar-refractivity contribution in [3.05, 3.63) is 23.8 Å². The third-order valence-corrected chi connectivity index (χ3v) is 4.19. The zero-order valence-corrected chi connectivity index (χ0v) is 13.1. The summed E-state index contributed by atoms with van der Waals surface area (Å²) in [7, 11) is 3.19. The summed E-state index contributed by atoms with van der Waals surface area (Å²) in [5.41, 5.74) is 0.966. The number of benzene rings is 1. The van der Waals surface area contributed by atoms with E-state index in [9.17, 15) is 9.90 Å². The second-order valence-electron chi connectivity index (χ2n) is 5.83. The smallest absolute Gasteiger partial charge is 0.315 e. The molecule has 0 spiro atoms. The van der Waals surface area contributed by atoms with Gasteiger partial charge in [0.2, 0.25) is 0 Å². The molecule has 0 aromatic heterocycles. The molecule has 1 aliphatic carbocycles. The third-order valence-electron chi connectivity index (χ3n) is 4.19. The zero-order valence-electron chi connectivity index (χ0n) is 13.1. The van der Waals surface area contributed by atoms with Gasteiger partial charge in [0, 0.05) is 25.6 Å². The van der Waals surface area contributed by atoms with Crippen LogP contribution in [-0.4, -0.2) is 38.5 Å². The molecule has 3 N–H and O–H groups in total. The molecule has 0 aliphatic heterocycles. The number of hydrogen-bond donors (Lipinski definition) is 3. The lowest BCUT2D eigenvalue weighted by Crippen LogP contribution is -2.47. The highest BCUT2D eigenvalue weighted by Gasteiger charge is 2.37. The van der Waals surface area contributed by atoms with Crippen molar-refractivity contribution in [3.63, 3.8) is 0 Å². The molecular formula is C16H24N2O4. The van der Waals surface area contributed by atoms with Crippen LogP contribution >= 0.6 is 0 Å². The number of methoxy groups -OCH3 is 2. The Kier molecular flexibility index (Phi) is 5.49.